The molecule has 0 saturated carbocycles. The van der Waals surface area contributed by atoms with Crippen LogP contribution in [0, 0.1) is 101 Å². The fourth-order valence-corrected chi connectivity index (χ4v) is 10.6. The van der Waals surface area contributed by atoms with Crippen LogP contribution in [-0.2, 0) is 162 Å². The number of hydroxylamine groups is 3. The van der Waals surface area contributed by atoms with Gasteiger partial charge in [0.25, 0.3) is 17.7 Å². The molecule has 3 rings (SSSR count). The molecule has 0 radical (unpaired) electrons. The molecule has 0 spiro atoms. The standard InChI is InChI=1S/3C10H13.3C8H16N2O4S.3Y/c1-4-10-6-8(2)5-9(3)7-10;1-4-10-7-5-6-8(2)9(10)3;1-4-10-8(2)6-5-7-9(10)3;3*1-5-10(6-2)15(13,14)8(3,4)7(11)9-12;;;/h6-7H,4H2,1-3H3;5,7H,4H2,1-3H3;6-7H,4H2,1-3H3;3*12H,1-2,5-6H2,3-4H3,(H,9,11);;;/q3*-1;3*-2;3*+3. The van der Waals surface area contributed by atoms with Gasteiger partial charge in [-0.25, -0.2) is 41.7 Å². The Morgan fingerprint density at radius 3 is 1.04 bits per heavy atom. The molecule has 0 atom stereocenters. The first-order chi connectivity index (χ1) is 34.5. The van der Waals surface area contributed by atoms with Gasteiger partial charge in [0.2, 0.25) is 30.1 Å². The second-order valence-corrected chi connectivity index (χ2v) is 25.5. The van der Waals surface area contributed by atoms with Gasteiger partial charge in [-0.15, -0.1) is 39.3 Å². The van der Waals surface area contributed by atoms with Gasteiger partial charge in [-0.2, -0.15) is 105 Å². The minimum Gasteiger partial charge on any atom is -0.329 e. The first-order valence-electron chi connectivity index (χ1n) is 24.0. The van der Waals surface area contributed by atoms with Crippen LogP contribution < -0.4 is 16.4 Å². The number of carbonyl (C=O) groups excluding carboxylic acids is 3. The van der Waals surface area contributed by atoms with Crippen molar-refractivity contribution in [3.05, 3.63) is 146 Å². The molecule has 432 valence electrons. The minimum atomic E-state index is -3.88. The molecule has 0 bridgehead atoms. The Hall–Kier alpha value is -1.01. The van der Waals surface area contributed by atoms with Crippen LogP contribution in [0.1, 0.15) is 112 Å². The van der Waals surface area contributed by atoms with Crippen molar-refractivity contribution >= 4 is 47.8 Å². The summed E-state index contributed by atoms with van der Waals surface area (Å²) >= 11 is 0. The van der Waals surface area contributed by atoms with E-state index >= 15 is 0 Å². The number of hydrogen-bond donors (Lipinski definition) is 6. The Labute approximate surface area is 547 Å². The van der Waals surface area contributed by atoms with E-state index in [1.807, 2.05) is 18.2 Å². The van der Waals surface area contributed by atoms with Crippen LogP contribution in [0.25, 0.3) is 0 Å². The molecule has 3 aromatic carbocycles. The van der Waals surface area contributed by atoms with Crippen molar-refractivity contribution in [2.45, 2.75) is 137 Å². The topological polar surface area (TPSA) is 260 Å². The number of carbonyl (C=O) groups is 3. The molecule has 78 heavy (non-hydrogen) atoms. The zero-order valence-corrected chi connectivity index (χ0v) is 59.8. The molecule has 0 aliphatic carbocycles. The van der Waals surface area contributed by atoms with Crippen molar-refractivity contribution in [2.24, 2.45) is 0 Å². The van der Waals surface area contributed by atoms with E-state index in [1.165, 1.54) is 108 Å². The number of hydrogen-bond acceptors (Lipinski definition) is 12. The monoisotopic (exact) mass is 1370 g/mol. The van der Waals surface area contributed by atoms with Gasteiger partial charge in [-0.1, -0.05) is 81.6 Å². The Morgan fingerprint density at radius 1 is 0.538 bits per heavy atom. The number of nitrogens with zero attached hydrogens (tertiary/aromatic N) is 3. The summed E-state index contributed by atoms with van der Waals surface area (Å²) in [6, 6.07) is 22.1. The average Bonchev–Trinajstić information content (AvgIpc) is 3.35. The van der Waals surface area contributed by atoms with Crippen LogP contribution in [0.3, 0.4) is 0 Å². The average molecular weight is 1380 g/mol. The zero-order valence-electron chi connectivity index (χ0n) is 48.9. The Balaban J connectivity index is -0.000000199. The van der Waals surface area contributed by atoms with Crippen molar-refractivity contribution in [3.8, 4) is 0 Å². The maximum atomic E-state index is 11.9. The van der Waals surface area contributed by atoms with E-state index in [0.717, 1.165) is 32.2 Å². The molecule has 6 N–H and O–H groups in total. The Bertz CT molecular complexity index is 2380. The normalized spacial score (nSPS) is 11.3. The first kappa shape index (κ1) is 88.2. The molecule has 0 aliphatic heterocycles. The van der Waals surface area contributed by atoms with E-state index in [4.69, 9.17) is 15.6 Å². The summed E-state index contributed by atoms with van der Waals surface area (Å²) in [7, 11) is -11.6. The second-order valence-electron chi connectivity index (χ2n) is 18.0. The first-order valence-corrected chi connectivity index (χ1v) is 28.3. The zero-order chi connectivity index (χ0) is 59.5. The van der Waals surface area contributed by atoms with E-state index in [0.29, 0.717) is 0 Å². The van der Waals surface area contributed by atoms with Crippen LogP contribution in [0.4, 0.5) is 0 Å². The van der Waals surface area contributed by atoms with E-state index in [1.54, 1.807) is 0 Å². The minimum absolute atomic E-state index is 0. The van der Waals surface area contributed by atoms with E-state index in [2.05, 4.69) is 140 Å². The summed E-state index contributed by atoms with van der Waals surface area (Å²) in [6.45, 7) is 47.0. The molecule has 0 aromatic heterocycles. The Morgan fingerprint density at radius 2 is 0.833 bits per heavy atom. The van der Waals surface area contributed by atoms with Crippen LogP contribution in [0.5, 0.6) is 0 Å². The van der Waals surface area contributed by atoms with Gasteiger partial charge in [0, 0.05) is 0 Å². The molecule has 0 heterocycles. The molecule has 0 aliphatic rings. The van der Waals surface area contributed by atoms with Gasteiger partial charge in [-0.05, 0) is 41.5 Å². The van der Waals surface area contributed by atoms with Crippen molar-refractivity contribution in [2.75, 3.05) is 39.3 Å². The van der Waals surface area contributed by atoms with Crippen molar-refractivity contribution in [3.63, 3.8) is 0 Å². The Kier molecular flexibility index (Phi) is 47.4. The maximum absolute atomic E-state index is 11.9. The van der Waals surface area contributed by atoms with Gasteiger partial charge in [0.15, 0.2) is 14.2 Å². The largest absolute Gasteiger partial charge is 3.00 e. The van der Waals surface area contributed by atoms with Crippen molar-refractivity contribution in [1.29, 1.82) is 0 Å². The van der Waals surface area contributed by atoms with E-state index < -0.39 is 62.0 Å². The molecular weight excluding hydrogens is 1290 g/mol. The van der Waals surface area contributed by atoms with Gasteiger partial charge in [0.05, 0.1) is 0 Å². The molecule has 0 unspecified atom stereocenters. The number of rotatable bonds is 18. The SMILES string of the molecule is CCc1c(C)c[c-]cc1C.CCc1cc(C)[c-]c(C)c1.CCc1cc[c-]c(C)c1C.[CH2-]CN(C[CH2-])S(=O)(=O)C(C)(C)C(=O)NO.[CH2-]CN(C[CH2-])S(=O)(=O)C(C)(C)C(=O)NO.[CH2-]CN(C[CH2-])S(=O)(=O)C(C)(C)C(=O)NO.[Y+3].[Y+3].[Y+3]. The van der Waals surface area contributed by atoms with Crippen LogP contribution in [0.2, 0.25) is 0 Å². The fraction of sp³-hybridized carbons (Fsp3) is 0.500. The van der Waals surface area contributed by atoms with Crippen LogP contribution in [-0.4, -0.2) is 125 Å². The van der Waals surface area contributed by atoms with Crippen LogP contribution in [0.15, 0.2) is 36.4 Å². The predicted octanol–water partition coefficient (Wildman–Crippen LogP) is 6.70. The summed E-state index contributed by atoms with van der Waals surface area (Å²) in [6.07, 6.45) is 3.38. The smallest absolute Gasteiger partial charge is 0.329 e. The van der Waals surface area contributed by atoms with Crippen LogP contribution >= 0.6 is 0 Å². The molecule has 18 nitrogen and oxygen atoms in total. The van der Waals surface area contributed by atoms with Gasteiger partial charge in [0.1, 0.15) is 0 Å². The number of benzene rings is 3. The third-order valence-corrected chi connectivity index (χ3v) is 19.5. The van der Waals surface area contributed by atoms with Crippen molar-refractivity contribution < 1.29 is 153 Å². The molecular formula is C54H87N6O12S3Y3. The number of amides is 3. The third-order valence-electron chi connectivity index (χ3n) is 11.9. The number of aryl methyl sites for hydroxylation is 7. The number of nitrogens with one attached hydrogen (secondary N) is 3. The number of sulfonamides is 3. The third kappa shape index (κ3) is 25.9. The summed E-state index contributed by atoms with van der Waals surface area (Å²) < 4.78 is 69.0. The fourth-order valence-electron chi connectivity index (χ4n) is 6.42. The molecule has 3 amide bonds. The molecule has 0 fully saturated rings. The van der Waals surface area contributed by atoms with Gasteiger partial charge < -0.3 is 41.5 Å². The quantitative estimate of drug-likeness (QED) is 0.0442. The summed E-state index contributed by atoms with van der Waals surface area (Å²) in [5, 5.41) is 25.3. The molecule has 24 heteroatoms. The predicted molar refractivity (Wildman–Crippen MR) is 298 cm³/mol. The molecule has 3 aromatic rings. The second kappa shape index (κ2) is 41.9. The summed E-state index contributed by atoms with van der Waals surface area (Å²) in [4.78, 5) is 33.6. The summed E-state index contributed by atoms with van der Waals surface area (Å²) in [5.41, 5.74) is 16.2. The van der Waals surface area contributed by atoms with E-state index in [9.17, 15) is 39.6 Å². The van der Waals surface area contributed by atoms with Gasteiger partial charge >= 0.3 is 98.1 Å². The van der Waals surface area contributed by atoms with Gasteiger partial charge in [-0.3, -0.25) is 42.9 Å². The summed E-state index contributed by atoms with van der Waals surface area (Å²) in [5.74, 6) is -2.97. The molecule has 0 saturated heterocycles. The van der Waals surface area contributed by atoms with E-state index in [-0.39, 0.29) is 137 Å². The maximum Gasteiger partial charge on any atom is 3.00 e. The van der Waals surface area contributed by atoms with Crippen molar-refractivity contribution in [1.82, 2.24) is 29.4 Å².